The maximum atomic E-state index is 12.5. The van der Waals surface area contributed by atoms with E-state index in [1.165, 1.54) is 24.6 Å². The molecule has 2 nitrogen and oxygen atoms in total. The third-order valence-corrected chi connectivity index (χ3v) is 5.64. The van der Waals surface area contributed by atoms with Crippen LogP contribution in [0.25, 0.3) is 10.8 Å². The normalized spacial score (nSPS) is 27.2. The minimum atomic E-state index is 0.221. The van der Waals surface area contributed by atoms with Crippen LogP contribution in [0.2, 0.25) is 0 Å². The number of halogens is 1. The van der Waals surface area contributed by atoms with Crippen LogP contribution in [-0.4, -0.2) is 5.91 Å². The van der Waals surface area contributed by atoms with Crippen LogP contribution in [0.4, 0.5) is 5.69 Å². The summed E-state index contributed by atoms with van der Waals surface area (Å²) in [7, 11) is 0. The maximum Gasteiger partial charge on any atom is 0.227 e. The lowest BCUT2D eigenvalue weighted by Crippen LogP contribution is -2.27. The van der Waals surface area contributed by atoms with Crippen molar-refractivity contribution in [3.8, 4) is 0 Å². The summed E-state index contributed by atoms with van der Waals surface area (Å²) in [6, 6.07) is 12.3. The topological polar surface area (TPSA) is 29.1 Å². The van der Waals surface area contributed by atoms with E-state index in [2.05, 4.69) is 45.5 Å². The zero-order valence-corrected chi connectivity index (χ0v) is 13.4. The third kappa shape index (κ3) is 2.48. The Morgan fingerprint density at radius 2 is 1.86 bits per heavy atom. The fourth-order valence-electron chi connectivity index (χ4n) is 4.10. The van der Waals surface area contributed by atoms with E-state index in [-0.39, 0.29) is 11.8 Å². The van der Waals surface area contributed by atoms with Crippen LogP contribution in [0.3, 0.4) is 0 Å². The summed E-state index contributed by atoms with van der Waals surface area (Å²) in [6.07, 6.45) is 4.94. The minimum absolute atomic E-state index is 0.221. The number of amides is 1. The van der Waals surface area contributed by atoms with Gasteiger partial charge in [-0.05, 0) is 66.1 Å². The van der Waals surface area contributed by atoms with Crippen molar-refractivity contribution in [2.24, 2.45) is 17.8 Å². The van der Waals surface area contributed by atoms with E-state index in [0.29, 0.717) is 5.92 Å². The van der Waals surface area contributed by atoms with Crippen LogP contribution >= 0.6 is 15.9 Å². The Labute approximate surface area is 133 Å². The number of hydrogen-bond acceptors (Lipinski definition) is 1. The Morgan fingerprint density at radius 3 is 2.62 bits per heavy atom. The second kappa shape index (κ2) is 5.13. The second-order valence-electron chi connectivity index (χ2n) is 6.48. The molecule has 0 spiro atoms. The number of rotatable bonds is 2. The minimum Gasteiger partial charge on any atom is -0.326 e. The molecule has 0 saturated heterocycles. The van der Waals surface area contributed by atoms with Gasteiger partial charge in [-0.15, -0.1) is 0 Å². The lowest BCUT2D eigenvalue weighted by atomic mass is 9.88. The van der Waals surface area contributed by atoms with Gasteiger partial charge >= 0.3 is 0 Å². The molecule has 21 heavy (non-hydrogen) atoms. The van der Waals surface area contributed by atoms with Gasteiger partial charge in [-0.2, -0.15) is 0 Å². The Kier molecular flexibility index (Phi) is 3.26. The van der Waals surface area contributed by atoms with Gasteiger partial charge < -0.3 is 5.32 Å². The molecule has 0 radical (unpaired) electrons. The van der Waals surface area contributed by atoms with Crippen LogP contribution in [0.5, 0.6) is 0 Å². The molecule has 2 aromatic carbocycles. The van der Waals surface area contributed by atoms with Gasteiger partial charge in [-0.25, -0.2) is 0 Å². The summed E-state index contributed by atoms with van der Waals surface area (Å²) in [6.45, 7) is 0. The maximum absolute atomic E-state index is 12.5. The Morgan fingerprint density at radius 1 is 1.05 bits per heavy atom. The fourth-order valence-corrected chi connectivity index (χ4v) is 4.47. The van der Waals surface area contributed by atoms with Crippen molar-refractivity contribution in [1.29, 1.82) is 0 Å². The fraction of sp³-hybridized carbons (Fsp3) is 0.389. The van der Waals surface area contributed by atoms with Gasteiger partial charge in [0, 0.05) is 16.1 Å². The molecule has 2 bridgehead atoms. The second-order valence-corrected chi connectivity index (χ2v) is 7.39. The molecular weight excluding hydrogens is 326 g/mol. The summed E-state index contributed by atoms with van der Waals surface area (Å²) in [5.74, 6) is 1.90. The van der Waals surface area contributed by atoms with Crippen LogP contribution in [-0.2, 0) is 4.79 Å². The molecule has 3 heteroatoms. The zero-order valence-electron chi connectivity index (χ0n) is 11.8. The van der Waals surface area contributed by atoms with Gasteiger partial charge in [0.15, 0.2) is 0 Å². The van der Waals surface area contributed by atoms with Crippen LogP contribution < -0.4 is 5.32 Å². The lowest BCUT2D eigenvalue weighted by molar-refractivity contribution is -0.121. The highest BCUT2D eigenvalue weighted by molar-refractivity contribution is 9.10. The first kappa shape index (κ1) is 13.3. The van der Waals surface area contributed by atoms with Crippen molar-refractivity contribution in [3.63, 3.8) is 0 Å². The van der Waals surface area contributed by atoms with E-state index in [0.717, 1.165) is 27.9 Å². The third-order valence-electron chi connectivity index (χ3n) is 5.14. The molecule has 1 amide bonds. The number of anilines is 1. The number of fused-ring (bicyclic) bond motifs is 3. The van der Waals surface area contributed by atoms with Crippen molar-refractivity contribution in [2.75, 3.05) is 5.32 Å². The van der Waals surface area contributed by atoms with E-state index in [4.69, 9.17) is 0 Å². The van der Waals surface area contributed by atoms with E-state index < -0.39 is 0 Å². The van der Waals surface area contributed by atoms with Gasteiger partial charge in [-0.1, -0.05) is 34.5 Å². The molecule has 2 aliphatic rings. The standard InChI is InChI=1S/C18H18BrNO/c19-15-5-3-13-10-16(6-4-12(13)9-15)20-18(21)17-8-11-1-2-14(17)7-11/h3-6,9-11,14,17H,1-2,7-8H2,(H,20,21). The molecule has 4 rings (SSSR count). The summed E-state index contributed by atoms with van der Waals surface area (Å²) in [5, 5.41) is 5.46. The highest BCUT2D eigenvalue weighted by atomic mass is 79.9. The van der Waals surface area contributed by atoms with Gasteiger partial charge in [-0.3, -0.25) is 4.79 Å². The summed E-state index contributed by atoms with van der Waals surface area (Å²) < 4.78 is 1.08. The molecule has 3 atom stereocenters. The lowest BCUT2D eigenvalue weighted by Gasteiger charge is -2.20. The Bertz CT molecular complexity index is 711. The first-order valence-electron chi connectivity index (χ1n) is 7.69. The first-order valence-corrected chi connectivity index (χ1v) is 8.48. The molecule has 2 aromatic rings. The van der Waals surface area contributed by atoms with E-state index in [1.54, 1.807) is 0 Å². The average molecular weight is 344 g/mol. The van der Waals surface area contributed by atoms with Crippen molar-refractivity contribution in [1.82, 2.24) is 0 Å². The van der Waals surface area contributed by atoms with Gasteiger partial charge in [0.2, 0.25) is 5.91 Å². The monoisotopic (exact) mass is 343 g/mol. The molecule has 3 unspecified atom stereocenters. The van der Waals surface area contributed by atoms with Crippen molar-refractivity contribution >= 4 is 38.3 Å². The summed E-state index contributed by atoms with van der Waals surface area (Å²) in [4.78, 5) is 12.5. The largest absolute Gasteiger partial charge is 0.326 e. The van der Waals surface area contributed by atoms with Crippen molar-refractivity contribution < 1.29 is 4.79 Å². The number of carbonyl (C=O) groups is 1. The molecule has 0 aliphatic heterocycles. The van der Waals surface area contributed by atoms with Crippen molar-refractivity contribution in [3.05, 3.63) is 40.9 Å². The van der Waals surface area contributed by atoms with Crippen LogP contribution in [0, 0.1) is 17.8 Å². The Hall–Kier alpha value is -1.35. The smallest absolute Gasteiger partial charge is 0.227 e. The number of hydrogen-bond donors (Lipinski definition) is 1. The molecule has 2 saturated carbocycles. The predicted molar refractivity (Wildman–Crippen MR) is 89.2 cm³/mol. The molecule has 2 fully saturated rings. The first-order chi connectivity index (χ1) is 10.2. The molecule has 1 N–H and O–H groups in total. The van der Waals surface area contributed by atoms with Crippen molar-refractivity contribution in [2.45, 2.75) is 25.7 Å². The SMILES string of the molecule is O=C(Nc1ccc2cc(Br)ccc2c1)C1CC2CCC1C2. The summed E-state index contributed by atoms with van der Waals surface area (Å²) >= 11 is 3.48. The van der Waals surface area contributed by atoms with Gasteiger partial charge in [0.05, 0.1) is 0 Å². The number of carbonyl (C=O) groups excluding carboxylic acids is 1. The zero-order chi connectivity index (χ0) is 14.4. The van der Waals surface area contributed by atoms with E-state index in [9.17, 15) is 4.79 Å². The van der Waals surface area contributed by atoms with Gasteiger partial charge in [0.25, 0.3) is 0 Å². The number of nitrogens with one attached hydrogen (secondary N) is 1. The predicted octanol–water partition coefficient (Wildman–Crippen LogP) is 4.98. The summed E-state index contributed by atoms with van der Waals surface area (Å²) in [5.41, 5.74) is 0.914. The highest BCUT2D eigenvalue weighted by Crippen LogP contribution is 2.48. The molecule has 108 valence electrons. The Balaban J connectivity index is 1.54. The molecule has 0 heterocycles. The van der Waals surface area contributed by atoms with Crippen LogP contribution in [0.1, 0.15) is 25.7 Å². The van der Waals surface area contributed by atoms with E-state index in [1.807, 2.05) is 12.1 Å². The number of benzene rings is 2. The molecular formula is C18H18BrNO. The molecule has 2 aliphatic carbocycles. The molecule has 0 aromatic heterocycles. The van der Waals surface area contributed by atoms with Crippen LogP contribution in [0.15, 0.2) is 40.9 Å². The van der Waals surface area contributed by atoms with E-state index >= 15 is 0 Å². The average Bonchev–Trinajstić information content (AvgIpc) is 3.10. The van der Waals surface area contributed by atoms with Gasteiger partial charge in [0.1, 0.15) is 0 Å². The quantitative estimate of drug-likeness (QED) is 0.818. The highest BCUT2D eigenvalue weighted by Gasteiger charge is 2.42.